The highest BCUT2D eigenvalue weighted by Crippen LogP contribution is 2.04. The van der Waals surface area contributed by atoms with Gasteiger partial charge in [-0.1, -0.05) is 30.3 Å². The minimum absolute atomic E-state index is 0.221. The Balaban J connectivity index is 2.59. The van der Waals surface area contributed by atoms with Gasteiger partial charge in [-0.25, -0.2) is 4.79 Å². The molecule has 0 saturated heterocycles. The second-order valence-corrected chi connectivity index (χ2v) is 4.48. The fourth-order valence-corrected chi connectivity index (χ4v) is 1.70. The van der Waals surface area contributed by atoms with Crippen molar-refractivity contribution in [3.05, 3.63) is 35.9 Å². The number of carboxylic acids is 1. The summed E-state index contributed by atoms with van der Waals surface area (Å²) in [5.41, 5.74) is 6.50. The van der Waals surface area contributed by atoms with Crippen LogP contribution in [0.4, 0.5) is 0 Å². The van der Waals surface area contributed by atoms with E-state index in [9.17, 15) is 9.59 Å². The molecule has 6 heteroatoms. The second-order valence-electron chi connectivity index (χ2n) is 4.48. The zero-order chi connectivity index (χ0) is 15.0. The van der Waals surface area contributed by atoms with Gasteiger partial charge in [-0.05, 0) is 12.0 Å². The van der Waals surface area contributed by atoms with Crippen LogP contribution in [0.3, 0.4) is 0 Å². The summed E-state index contributed by atoms with van der Waals surface area (Å²) in [5.74, 6) is -1.56. The van der Waals surface area contributed by atoms with Gasteiger partial charge in [-0.2, -0.15) is 0 Å². The van der Waals surface area contributed by atoms with Crippen molar-refractivity contribution in [1.82, 2.24) is 5.32 Å². The first-order chi connectivity index (χ1) is 9.54. The van der Waals surface area contributed by atoms with Crippen molar-refractivity contribution in [2.24, 2.45) is 5.73 Å². The molecule has 6 nitrogen and oxygen atoms in total. The molecule has 0 aliphatic carbocycles. The molecular formula is C14H20N2O4. The number of carbonyl (C=O) groups is 2. The average Bonchev–Trinajstić information content (AvgIpc) is 2.44. The highest BCUT2D eigenvalue weighted by Gasteiger charge is 2.23. The molecule has 0 bridgehead atoms. The Labute approximate surface area is 117 Å². The zero-order valence-electron chi connectivity index (χ0n) is 11.4. The van der Waals surface area contributed by atoms with Crippen molar-refractivity contribution in [2.75, 3.05) is 13.7 Å². The third-order valence-electron chi connectivity index (χ3n) is 2.87. The van der Waals surface area contributed by atoms with E-state index in [-0.39, 0.29) is 6.42 Å². The molecule has 20 heavy (non-hydrogen) atoms. The summed E-state index contributed by atoms with van der Waals surface area (Å²) in [7, 11) is 1.51. The van der Waals surface area contributed by atoms with E-state index in [4.69, 9.17) is 15.6 Å². The predicted molar refractivity (Wildman–Crippen MR) is 74.2 cm³/mol. The van der Waals surface area contributed by atoms with E-state index in [1.165, 1.54) is 7.11 Å². The van der Waals surface area contributed by atoms with E-state index in [2.05, 4.69) is 5.32 Å². The number of amides is 1. The number of aliphatic carboxylic acids is 1. The topological polar surface area (TPSA) is 102 Å². The van der Waals surface area contributed by atoms with Crippen molar-refractivity contribution >= 4 is 11.9 Å². The Morgan fingerprint density at radius 3 is 2.55 bits per heavy atom. The minimum Gasteiger partial charge on any atom is -0.480 e. The summed E-state index contributed by atoms with van der Waals surface area (Å²) < 4.78 is 4.83. The highest BCUT2D eigenvalue weighted by molar-refractivity contribution is 5.86. The molecule has 0 aliphatic heterocycles. The van der Waals surface area contributed by atoms with E-state index in [1.807, 2.05) is 30.3 Å². The van der Waals surface area contributed by atoms with Gasteiger partial charge in [0.1, 0.15) is 6.04 Å². The Morgan fingerprint density at radius 1 is 1.35 bits per heavy atom. The summed E-state index contributed by atoms with van der Waals surface area (Å²) in [6.45, 7) is 0.352. The van der Waals surface area contributed by atoms with Crippen molar-refractivity contribution < 1.29 is 19.4 Å². The first-order valence-corrected chi connectivity index (χ1v) is 6.36. The molecule has 0 fully saturated rings. The van der Waals surface area contributed by atoms with Gasteiger partial charge in [0, 0.05) is 20.1 Å². The van der Waals surface area contributed by atoms with Crippen LogP contribution in [0.5, 0.6) is 0 Å². The van der Waals surface area contributed by atoms with Crippen LogP contribution in [0.25, 0.3) is 0 Å². The number of methoxy groups -OCH3 is 1. The van der Waals surface area contributed by atoms with Crippen LogP contribution in [0.2, 0.25) is 0 Å². The van der Waals surface area contributed by atoms with Crippen LogP contribution in [0, 0.1) is 0 Å². The SMILES string of the molecule is COCCC(N)C(=O)N[C@@H](Cc1ccccc1)C(=O)O. The first kappa shape index (κ1) is 16.1. The molecule has 0 heterocycles. The van der Waals surface area contributed by atoms with Gasteiger partial charge < -0.3 is 20.9 Å². The molecule has 0 spiro atoms. The molecule has 4 N–H and O–H groups in total. The lowest BCUT2D eigenvalue weighted by Gasteiger charge is -2.17. The van der Waals surface area contributed by atoms with E-state index in [0.717, 1.165) is 5.56 Å². The van der Waals surface area contributed by atoms with Crippen LogP contribution >= 0.6 is 0 Å². The second kappa shape index (κ2) is 8.29. The van der Waals surface area contributed by atoms with Gasteiger partial charge in [-0.3, -0.25) is 4.79 Å². The number of ether oxygens (including phenoxy) is 1. The van der Waals surface area contributed by atoms with Gasteiger partial charge in [-0.15, -0.1) is 0 Å². The van der Waals surface area contributed by atoms with Gasteiger partial charge >= 0.3 is 5.97 Å². The largest absolute Gasteiger partial charge is 0.480 e. The number of nitrogens with one attached hydrogen (secondary N) is 1. The zero-order valence-corrected chi connectivity index (χ0v) is 11.4. The molecule has 1 amide bonds. The molecule has 1 unspecified atom stereocenters. The number of hydrogen-bond acceptors (Lipinski definition) is 4. The summed E-state index contributed by atoms with van der Waals surface area (Å²) in [6.07, 6.45) is 0.568. The van der Waals surface area contributed by atoms with E-state index >= 15 is 0 Å². The lowest BCUT2D eigenvalue weighted by atomic mass is 10.1. The predicted octanol–water partition coefficient (Wildman–Crippen LogP) is 0.162. The average molecular weight is 280 g/mol. The maximum Gasteiger partial charge on any atom is 0.326 e. The van der Waals surface area contributed by atoms with E-state index in [1.54, 1.807) is 0 Å². The number of nitrogens with two attached hydrogens (primary N) is 1. The fraction of sp³-hybridized carbons (Fsp3) is 0.429. The van der Waals surface area contributed by atoms with Crippen molar-refractivity contribution in [2.45, 2.75) is 24.9 Å². The molecule has 0 aliphatic rings. The third kappa shape index (κ3) is 5.38. The van der Waals surface area contributed by atoms with Crippen LogP contribution in [-0.4, -0.2) is 42.8 Å². The maximum absolute atomic E-state index is 11.8. The lowest BCUT2D eigenvalue weighted by molar-refractivity contribution is -0.142. The molecule has 1 rings (SSSR count). The minimum atomic E-state index is -1.08. The molecule has 0 aromatic heterocycles. The van der Waals surface area contributed by atoms with E-state index in [0.29, 0.717) is 13.0 Å². The monoisotopic (exact) mass is 280 g/mol. The Bertz CT molecular complexity index is 436. The number of benzene rings is 1. The molecule has 110 valence electrons. The Kier molecular flexibility index (Phi) is 6.69. The van der Waals surface area contributed by atoms with Crippen molar-refractivity contribution in [3.63, 3.8) is 0 Å². The van der Waals surface area contributed by atoms with Crippen LogP contribution in [0.1, 0.15) is 12.0 Å². The normalized spacial score (nSPS) is 13.5. The molecule has 1 aromatic carbocycles. The highest BCUT2D eigenvalue weighted by atomic mass is 16.5. The van der Waals surface area contributed by atoms with Crippen molar-refractivity contribution in [3.8, 4) is 0 Å². The van der Waals surface area contributed by atoms with Crippen LogP contribution < -0.4 is 11.1 Å². The van der Waals surface area contributed by atoms with Crippen LogP contribution in [-0.2, 0) is 20.7 Å². The maximum atomic E-state index is 11.8. The van der Waals surface area contributed by atoms with Gasteiger partial charge in [0.25, 0.3) is 0 Å². The molecule has 2 atom stereocenters. The third-order valence-corrected chi connectivity index (χ3v) is 2.87. The first-order valence-electron chi connectivity index (χ1n) is 6.36. The van der Waals surface area contributed by atoms with E-state index < -0.39 is 24.0 Å². The quantitative estimate of drug-likeness (QED) is 0.629. The summed E-state index contributed by atoms with van der Waals surface area (Å²) in [4.78, 5) is 23.0. The molecular weight excluding hydrogens is 260 g/mol. The number of hydrogen-bond donors (Lipinski definition) is 3. The molecule has 0 radical (unpaired) electrons. The lowest BCUT2D eigenvalue weighted by Crippen LogP contribution is -2.49. The summed E-state index contributed by atoms with van der Waals surface area (Å²) in [5, 5.41) is 11.6. The van der Waals surface area contributed by atoms with Gasteiger partial charge in [0.05, 0.1) is 6.04 Å². The van der Waals surface area contributed by atoms with Crippen LogP contribution in [0.15, 0.2) is 30.3 Å². The standard InChI is InChI=1S/C14H20N2O4/c1-20-8-7-11(15)13(17)16-12(14(18)19)9-10-5-3-2-4-6-10/h2-6,11-12H,7-9,15H2,1H3,(H,16,17)(H,18,19)/t11?,12-/m0/s1. The summed E-state index contributed by atoms with van der Waals surface area (Å²) in [6, 6.07) is 7.35. The van der Waals surface area contributed by atoms with Crippen molar-refractivity contribution in [1.29, 1.82) is 0 Å². The smallest absolute Gasteiger partial charge is 0.326 e. The number of rotatable bonds is 8. The number of carbonyl (C=O) groups excluding carboxylic acids is 1. The fourth-order valence-electron chi connectivity index (χ4n) is 1.70. The number of carboxylic acid groups (broad SMARTS) is 1. The Morgan fingerprint density at radius 2 is 2.00 bits per heavy atom. The molecule has 1 aromatic rings. The van der Waals surface area contributed by atoms with Gasteiger partial charge in [0.2, 0.25) is 5.91 Å². The van der Waals surface area contributed by atoms with Gasteiger partial charge in [0.15, 0.2) is 0 Å². The summed E-state index contributed by atoms with van der Waals surface area (Å²) >= 11 is 0. The molecule has 0 saturated carbocycles. The Hall–Kier alpha value is -1.92.